The van der Waals surface area contributed by atoms with Gasteiger partial charge in [0.2, 0.25) is 17.7 Å². The van der Waals surface area contributed by atoms with Crippen LogP contribution in [0.1, 0.15) is 56.9 Å². The molecule has 1 aromatic rings. The second kappa shape index (κ2) is 15.9. The normalized spacial score (nSPS) is 18.6. The Morgan fingerprint density at radius 3 is 2.34 bits per heavy atom. The van der Waals surface area contributed by atoms with Gasteiger partial charge < -0.3 is 25.3 Å². The van der Waals surface area contributed by atoms with Crippen molar-refractivity contribution in [1.29, 1.82) is 0 Å². The zero-order chi connectivity index (χ0) is 29.4. The van der Waals surface area contributed by atoms with Gasteiger partial charge in [-0.2, -0.15) is 0 Å². The molecule has 1 aliphatic heterocycles. The molecular formula is C29H42CaN4O7. The van der Waals surface area contributed by atoms with Gasteiger partial charge in [-0.3, -0.25) is 28.9 Å². The molecule has 2 radical (unpaired) electrons. The first-order chi connectivity index (χ1) is 18.9. The van der Waals surface area contributed by atoms with Gasteiger partial charge in [-0.1, -0.05) is 31.0 Å². The van der Waals surface area contributed by atoms with Crippen LogP contribution in [0.5, 0.6) is 0 Å². The summed E-state index contributed by atoms with van der Waals surface area (Å²) < 4.78 is 0. The number of nitrogens with one attached hydrogen (secondary N) is 1. The van der Waals surface area contributed by atoms with Gasteiger partial charge in [0.05, 0.1) is 11.3 Å². The third kappa shape index (κ3) is 9.39. The topological polar surface area (TPSA) is 148 Å². The molecule has 0 saturated heterocycles. The van der Waals surface area contributed by atoms with Gasteiger partial charge >= 0.3 is 11.9 Å². The summed E-state index contributed by atoms with van der Waals surface area (Å²) in [5.41, 5.74) is 0.328. The Hall–Kier alpha value is -2.21. The van der Waals surface area contributed by atoms with Gasteiger partial charge in [0.25, 0.3) is 0 Å². The fraction of sp³-hybridized carbons (Fsp3) is 0.621. The number of carbonyl (C=O) groups excluding carboxylic acids is 3. The van der Waals surface area contributed by atoms with Gasteiger partial charge in [0.1, 0.15) is 12.6 Å². The number of benzene rings is 1. The summed E-state index contributed by atoms with van der Waals surface area (Å²) in [4.78, 5) is 68.7. The van der Waals surface area contributed by atoms with E-state index in [4.69, 9.17) is 0 Å². The molecule has 1 heterocycles. The molecule has 0 aromatic heterocycles. The Morgan fingerprint density at radius 1 is 1.07 bits per heavy atom. The van der Waals surface area contributed by atoms with Crippen molar-refractivity contribution in [3.05, 3.63) is 29.8 Å². The summed E-state index contributed by atoms with van der Waals surface area (Å²) in [6.07, 6.45) is 3.76. The van der Waals surface area contributed by atoms with E-state index in [1.165, 1.54) is 4.90 Å². The molecule has 1 aromatic carbocycles. The zero-order valence-corrected chi connectivity index (χ0v) is 26.6. The Morgan fingerprint density at radius 2 is 1.73 bits per heavy atom. The Bertz CT molecular complexity index is 1110. The van der Waals surface area contributed by atoms with Gasteiger partial charge in [-0.15, -0.1) is 0 Å². The maximum absolute atomic E-state index is 13.8. The van der Waals surface area contributed by atoms with Crippen LogP contribution in [0.4, 0.5) is 5.69 Å². The fourth-order valence-electron chi connectivity index (χ4n) is 5.87. The summed E-state index contributed by atoms with van der Waals surface area (Å²) >= 11 is 0. The number of hydrogen-bond donors (Lipinski definition) is 3. The smallest absolute Gasteiger partial charge is 0.323 e. The molecule has 0 bridgehead atoms. The van der Waals surface area contributed by atoms with Crippen molar-refractivity contribution in [3.8, 4) is 0 Å². The second-order valence-corrected chi connectivity index (χ2v) is 11.4. The van der Waals surface area contributed by atoms with Crippen LogP contribution in [0, 0.1) is 11.3 Å². The molecular weight excluding hydrogens is 556 g/mol. The largest absolute Gasteiger partial charge is 0.481 e. The van der Waals surface area contributed by atoms with E-state index in [2.05, 4.69) is 5.32 Å². The Kier molecular flexibility index (Phi) is 13.5. The van der Waals surface area contributed by atoms with E-state index in [-0.39, 0.29) is 56.5 Å². The van der Waals surface area contributed by atoms with E-state index < -0.39 is 47.7 Å². The third-order valence-corrected chi connectivity index (χ3v) is 8.12. The number of carbonyl (C=O) groups is 5. The van der Waals surface area contributed by atoms with E-state index in [1.807, 2.05) is 31.1 Å². The molecule has 0 spiro atoms. The monoisotopic (exact) mass is 598 g/mol. The summed E-state index contributed by atoms with van der Waals surface area (Å²) in [6, 6.07) is 6.16. The predicted molar refractivity (Wildman–Crippen MR) is 155 cm³/mol. The number of amides is 3. The molecule has 12 heteroatoms. The van der Waals surface area contributed by atoms with Crippen molar-refractivity contribution in [2.24, 2.45) is 11.3 Å². The molecule has 222 valence electrons. The number of rotatable bonds is 13. The van der Waals surface area contributed by atoms with Gasteiger partial charge in [0, 0.05) is 63.4 Å². The molecule has 2 atom stereocenters. The minimum atomic E-state index is -1.16. The molecule has 2 aliphatic rings. The quantitative estimate of drug-likeness (QED) is 0.290. The Balaban J connectivity index is 0.00000588. The number of aryl methyl sites for hydroxylation is 1. The molecule has 41 heavy (non-hydrogen) atoms. The van der Waals surface area contributed by atoms with Crippen LogP contribution in [-0.2, 0) is 30.4 Å². The van der Waals surface area contributed by atoms with Crippen molar-refractivity contribution >= 4 is 73.1 Å². The molecule has 3 N–H and O–H groups in total. The number of fused-ring (bicyclic) bond motifs is 1. The number of para-hydroxylation sites is 1. The van der Waals surface area contributed by atoms with Gasteiger partial charge in [-0.05, 0) is 70.8 Å². The van der Waals surface area contributed by atoms with E-state index >= 15 is 0 Å². The first-order valence-corrected chi connectivity index (χ1v) is 14.0. The number of carboxylic acids is 2. The maximum Gasteiger partial charge on any atom is 0.323 e. The molecule has 1 fully saturated rings. The van der Waals surface area contributed by atoms with E-state index in [9.17, 15) is 34.2 Å². The van der Waals surface area contributed by atoms with Crippen molar-refractivity contribution in [2.45, 2.75) is 63.8 Å². The number of nitrogens with zero attached hydrogens (tertiary/aromatic N) is 3. The zero-order valence-electron chi connectivity index (χ0n) is 24.4. The van der Waals surface area contributed by atoms with Crippen molar-refractivity contribution in [1.82, 2.24) is 15.1 Å². The van der Waals surface area contributed by atoms with Gasteiger partial charge in [0.15, 0.2) is 0 Å². The molecule has 3 amide bonds. The summed E-state index contributed by atoms with van der Waals surface area (Å²) in [5, 5.41) is 22.3. The first kappa shape index (κ1) is 35.0. The average Bonchev–Trinajstić information content (AvgIpc) is 3.34. The average molecular weight is 599 g/mol. The van der Waals surface area contributed by atoms with Crippen molar-refractivity contribution < 1.29 is 34.2 Å². The standard InChI is InChI=1S/C29H42N4O7.Ca/c1-31(2)15-8-16-32(3)24(34)17-21(27(38)39)18-29(13-6-7-14-29)28(40)30-22-12-11-20-9-4-5-10-23(20)33(26(22)37)19-25(35)36;/h4-5,9-10,21-22H,6-8,11-19H2,1-3H3,(H,30,40)(H,35,36)(H,38,39);/t21-,22+;/m1./s1. The third-order valence-electron chi connectivity index (χ3n) is 8.12. The molecule has 1 aliphatic carbocycles. The number of carboxylic acid groups (broad SMARTS) is 2. The predicted octanol–water partition coefficient (Wildman–Crippen LogP) is 1.61. The van der Waals surface area contributed by atoms with Crippen LogP contribution in [0.2, 0.25) is 0 Å². The van der Waals surface area contributed by atoms with Crippen LogP contribution < -0.4 is 10.2 Å². The number of anilines is 1. The van der Waals surface area contributed by atoms with Crippen LogP contribution in [0.25, 0.3) is 0 Å². The van der Waals surface area contributed by atoms with Crippen LogP contribution in [0.15, 0.2) is 24.3 Å². The van der Waals surface area contributed by atoms with Gasteiger partial charge in [-0.25, -0.2) is 0 Å². The molecule has 3 rings (SSSR count). The first-order valence-electron chi connectivity index (χ1n) is 14.0. The number of hydrogen-bond acceptors (Lipinski definition) is 6. The summed E-state index contributed by atoms with van der Waals surface area (Å²) in [6.45, 7) is 0.782. The number of aliphatic carboxylic acids is 2. The van der Waals surface area contributed by atoms with Crippen LogP contribution in [0.3, 0.4) is 0 Å². The minimum absolute atomic E-state index is 0. The fourth-order valence-corrected chi connectivity index (χ4v) is 5.87. The minimum Gasteiger partial charge on any atom is -0.481 e. The van der Waals surface area contributed by atoms with E-state index in [1.54, 1.807) is 24.1 Å². The second-order valence-electron chi connectivity index (χ2n) is 11.4. The van der Waals surface area contributed by atoms with E-state index in [0.29, 0.717) is 37.9 Å². The SMILES string of the molecule is CN(C)CCCN(C)C(=O)C[C@H](CC1(C(=O)N[C@H]2CCc3ccccc3N(CC(=O)O)C2=O)CCCC1)C(=O)O.[Ca]. The van der Waals surface area contributed by atoms with Crippen molar-refractivity contribution in [3.63, 3.8) is 0 Å². The molecule has 1 saturated carbocycles. The molecule has 11 nitrogen and oxygen atoms in total. The Labute approximate surface area is 271 Å². The van der Waals surface area contributed by atoms with E-state index in [0.717, 1.165) is 31.4 Å². The van der Waals surface area contributed by atoms with Crippen LogP contribution >= 0.6 is 0 Å². The summed E-state index contributed by atoms with van der Waals surface area (Å²) in [7, 11) is 5.55. The molecule has 0 unspecified atom stereocenters. The maximum atomic E-state index is 13.8. The van der Waals surface area contributed by atoms with Crippen LogP contribution in [-0.4, -0.2) is 134 Å². The van der Waals surface area contributed by atoms with Crippen molar-refractivity contribution in [2.75, 3.05) is 45.7 Å². The summed E-state index contributed by atoms with van der Waals surface area (Å²) in [5.74, 6) is -4.50.